The number of nitrogens with zero attached hydrogens (tertiary/aromatic N) is 1. The van der Waals surface area contributed by atoms with Crippen molar-refractivity contribution in [2.45, 2.75) is 25.2 Å². The molecule has 2 fully saturated rings. The molecule has 2 amide bonds. The van der Waals surface area contributed by atoms with Gasteiger partial charge in [-0.05, 0) is 42.2 Å². The Labute approximate surface area is 164 Å². The lowest BCUT2D eigenvalue weighted by molar-refractivity contribution is -0.123. The maximum atomic E-state index is 13.7. The number of aryl methyl sites for hydroxylation is 1. The zero-order valence-corrected chi connectivity index (χ0v) is 15.8. The van der Waals surface area contributed by atoms with Crippen molar-refractivity contribution in [1.29, 1.82) is 0 Å². The van der Waals surface area contributed by atoms with Gasteiger partial charge in [0.25, 0.3) is 0 Å². The molecule has 1 atom stereocenters. The number of amides is 2. The van der Waals surface area contributed by atoms with Crippen molar-refractivity contribution in [3.8, 4) is 0 Å². The van der Waals surface area contributed by atoms with E-state index in [0.717, 1.165) is 16.7 Å². The monoisotopic (exact) mass is 367 g/mol. The SMILES string of the molecule is Cc1cccc(N2C(=O)C[C@]3(CC3(c3ccccc3)c3ccccc3)C2=O)c1. The first-order chi connectivity index (χ1) is 13.6. The second-order valence-corrected chi connectivity index (χ2v) is 7.95. The van der Waals surface area contributed by atoms with Crippen LogP contribution in [0.4, 0.5) is 5.69 Å². The van der Waals surface area contributed by atoms with Gasteiger partial charge in [0.1, 0.15) is 0 Å². The predicted molar refractivity (Wildman–Crippen MR) is 109 cm³/mol. The minimum Gasteiger partial charge on any atom is -0.274 e. The van der Waals surface area contributed by atoms with E-state index in [1.807, 2.05) is 67.6 Å². The third-order valence-corrected chi connectivity index (χ3v) is 6.37. The fourth-order valence-corrected chi connectivity index (χ4v) is 5.02. The average molecular weight is 367 g/mol. The van der Waals surface area contributed by atoms with Gasteiger partial charge < -0.3 is 0 Å². The molecule has 0 N–H and O–H groups in total. The van der Waals surface area contributed by atoms with Crippen LogP contribution >= 0.6 is 0 Å². The molecule has 0 radical (unpaired) electrons. The molecular formula is C25H21NO2. The molecule has 1 heterocycles. The highest BCUT2D eigenvalue weighted by Gasteiger charge is 2.77. The number of carbonyl (C=O) groups is 2. The number of hydrogen-bond acceptors (Lipinski definition) is 2. The highest BCUT2D eigenvalue weighted by Crippen LogP contribution is 2.72. The first kappa shape index (κ1) is 16.9. The second-order valence-electron chi connectivity index (χ2n) is 7.95. The molecule has 138 valence electrons. The Hall–Kier alpha value is -3.20. The van der Waals surface area contributed by atoms with Crippen LogP contribution in [0, 0.1) is 12.3 Å². The van der Waals surface area contributed by atoms with Gasteiger partial charge >= 0.3 is 0 Å². The number of anilines is 1. The van der Waals surface area contributed by atoms with E-state index >= 15 is 0 Å². The minimum atomic E-state index is -0.698. The van der Waals surface area contributed by atoms with Crippen LogP contribution in [-0.4, -0.2) is 11.8 Å². The fourth-order valence-electron chi connectivity index (χ4n) is 5.02. The van der Waals surface area contributed by atoms with Gasteiger partial charge in [0, 0.05) is 11.8 Å². The zero-order chi connectivity index (χ0) is 19.4. The van der Waals surface area contributed by atoms with Crippen molar-refractivity contribution in [2.24, 2.45) is 5.41 Å². The van der Waals surface area contributed by atoms with E-state index in [9.17, 15) is 9.59 Å². The van der Waals surface area contributed by atoms with Crippen LogP contribution in [0.2, 0.25) is 0 Å². The summed E-state index contributed by atoms with van der Waals surface area (Å²) in [5.74, 6) is -0.180. The summed E-state index contributed by atoms with van der Waals surface area (Å²) in [4.78, 5) is 28.1. The van der Waals surface area contributed by atoms with Gasteiger partial charge in [0.15, 0.2) is 0 Å². The van der Waals surface area contributed by atoms with E-state index in [1.54, 1.807) is 0 Å². The summed E-state index contributed by atoms with van der Waals surface area (Å²) in [6, 6.07) is 27.9. The highest BCUT2D eigenvalue weighted by molar-refractivity contribution is 6.25. The molecule has 3 heteroatoms. The van der Waals surface area contributed by atoms with Crippen molar-refractivity contribution in [3.63, 3.8) is 0 Å². The topological polar surface area (TPSA) is 37.4 Å². The molecule has 1 aliphatic carbocycles. The van der Waals surface area contributed by atoms with E-state index in [-0.39, 0.29) is 18.2 Å². The first-order valence-corrected chi connectivity index (χ1v) is 9.64. The van der Waals surface area contributed by atoms with E-state index in [4.69, 9.17) is 0 Å². The van der Waals surface area contributed by atoms with Gasteiger partial charge in [-0.15, -0.1) is 0 Å². The van der Waals surface area contributed by atoms with Crippen molar-refractivity contribution in [2.75, 3.05) is 4.90 Å². The largest absolute Gasteiger partial charge is 0.274 e. The van der Waals surface area contributed by atoms with Crippen molar-refractivity contribution < 1.29 is 9.59 Å². The summed E-state index contributed by atoms with van der Waals surface area (Å²) in [7, 11) is 0. The summed E-state index contributed by atoms with van der Waals surface area (Å²) in [5, 5.41) is 0. The maximum Gasteiger partial charge on any atom is 0.241 e. The summed E-state index contributed by atoms with van der Waals surface area (Å²) in [5.41, 5.74) is 2.78. The van der Waals surface area contributed by atoms with Gasteiger partial charge in [-0.3, -0.25) is 14.5 Å². The summed E-state index contributed by atoms with van der Waals surface area (Å²) in [6.45, 7) is 1.97. The molecule has 3 nitrogen and oxygen atoms in total. The Bertz CT molecular complexity index is 1030. The molecule has 1 saturated heterocycles. The average Bonchev–Trinajstić information content (AvgIpc) is 3.33. The number of benzene rings is 3. The molecular weight excluding hydrogens is 346 g/mol. The normalized spacial score (nSPS) is 22.7. The van der Waals surface area contributed by atoms with E-state index in [2.05, 4.69) is 24.3 Å². The van der Waals surface area contributed by atoms with Gasteiger partial charge in [-0.25, -0.2) is 0 Å². The standard InChI is InChI=1S/C25H21NO2/c1-18-9-8-14-21(15-18)26-22(27)16-24(23(26)28)17-25(24,19-10-4-2-5-11-19)20-12-6-3-7-13-20/h2-15H,16-17H2,1H3/t24-/m0/s1. The summed E-state index contributed by atoms with van der Waals surface area (Å²) < 4.78 is 0. The molecule has 3 aromatic carbocycles. The molecule has 2 aliphatic rings. The van der Waals surface area contributed by atoms with E-state index in [1.165, 1.54) is 4.90 Å². The van der Waals surface area contributed by atoms with Crippen LogP contribution in [0.15, 0.2) is 84.9 Å². The molecule has 3 aromatic rings. The first-order valence-electron chi connectivity index (χ1n) is 9.64. The Balaban J connectivity index is 1.64. The highest BCUT2D eigenvalue weighted by atomic mass is 16.2. The van der Waals surface area contributed by atoms with Gasteiger partial charge in [-0.2, -0.15) is 0 Å². The summed E-state index contributed by atoms with van der Waals surface area (Å²) in [6.07, 6.45) is 0.921. The quantitative estimate of drug-likeness (QED) is 0.633. The van der Waals surface area contributed by atoms with Crippen molar-refractivity contribution >= 4 is 17.5 Å². The molecule has 1 aliphatic heterocycles. The van der Waals surface area contributed by atoms with Gasteiger partial charge in [-0.1, -0.05) is 72.8 Å². The van der Waals surface area contributed by atoms with E-state index < -0.39 is 10.8 Å². The lowest BCUT2D eigenvalue weighted by atomic mass is 9.79. The Kier molecular flexibility index (Phi) is 3.57. The van der Waals surface area contributed by atoms with Crippen LogP contribution in [-0.2, 0) is 15.0 Å². The van der Waals surface area contributed by atoms with Crippen LogP contribution < -0.4 is 4.90 Å². The maximum absolute atomic E-state index is 13.7. The smallest absolute Gasteiger partial charge is 0.241 e. The molecule has 1 saturated carbocycles. The lowest BCUT2D eigenvalue weighted by Gasteiger charge is -2.23. The van der Waals surface area contributed by atoms with Crippen molar-refractivity contribution in [3.05, 3.63) is 102 Å². The fraction of sp³-hybridized carbons (Fsp3) is 0.200. The van der Waals surface area contributed by atoms with Crippen LogP contribution in [0.3, 0.4) is 0 Å². The second kappa shape index (κ2) is 5.90. The predicted octanol–water partition coefficient (Wildman–Crippen LogP) is 4.63. The van der Waals surface area contributed by atoms with Crippen LogP contribution in [0.5, 0.6) is 0 Å². The van der Waals surface area contributed by atoms with Crippen LogP contribution in [0.25, 0.3) is 0 Å². The number of hydrogen-bond donors (Lipinski definition) is 0. The Morgan fingerprint density at radius 2 is 1.39 bits per heavy atom. The molecule has 5 rings (SSSR count). The third-order valence-electron chi connectivity index (χ3n) is 6.37. The molecule has 0 unspecified atom stereocenters. The summed E-state index contributed by atoms with van der Waals surface area (Å²) >= 11 is 0. The Morgan fingerprint density at radius 1 is 0.786 bits per heavy atom. The third kappa shape index (κ3) is 2.16. The number of imide groups is 1. The van der Waals surface area contributed by atoms with Gasteiger partial charge in [0.2, 0.25) is 11.8 Å². The van der Waals surface area contributed by atoms with Gasteiger partial charge in [0.05, 0.1) is 11.1 Å². The molecule has 0 bridgehead atoms. The van der Waals surface area contributed by atoms with Crippen LogP contribution in [0.1, 0.15) is 29.5 Å². The minimum absolute atomic E-state index is 0.0733. The Morgan fingerprint density at radius 3 is 1.96 bits per heavy atom. The number of rotatable bonds is 3. The molecule has 1 spiro atoms. The number of carbonyl (C=O) groups excluding carboxylic acids is 2. The van der Waals surface area contributed by atoms with Crippen molar-refractivity contribution in [1.82, 2.24) is 0 Å². The lowest BCUT2D eigenvalue weighted by Crippen LogP contribution is -2.33. The van der Waals surface area contributed by atoms with E-state index in [0.29, 0.717) is 12.1 Å². The molecule has 0 aromatic heterocycles. The molecule has 28 heavy (non-hydrogen) atoms. The zero-order valence-electron chi connectivity index (χ0n) is 15.8.